The van der Waals surface area contributed by atoms with Crippen molar-refractivity contribution in [3.8, 4) is 0 Å². The van der Waals surface area contributed by atoms with E-state index in [2.05, 4.69) is 36.4 Å². The van der Waals surface area contributed by atoms with Gasteiger partial charge in [0.1, 0.15) is 5.69 Å². The minimum absolute atomic E-state index is 0.593. The molecule has 0 unspecified atom stereocenters. The Bertz CT molecular complexity index is 828. The molecule has 3 aromatic rings. The van der Waals surface area contributed by atoms with Crippen molar-refractivity contribution in [2.24, 2.45) is 10.1 Å². The number of aromatic nitrogens is 1. The number of rotatable bonds is 4. The second-order valence-electron chi connectivity index (χ2n) is 4.93. The Kier molecular flexibility index (Phi) is 5.48. The Hall–Kier alpha value is -2.79. The molecule has 1 heterocycles. The quantitative estimate of drug-likeness (QED) is 0.411. The van der Waals surface area contributed by atoms with Crippen LogP contribution in [-0.2, 0) is 0 Å². The molecule has 0 saturated heterocycles. The maximum absolute atomic E-state index is 4.60. The largest absolute Gasteiger partial charge is 0.260 e. The van der Waals surface area contributed by atoms with Crippen LogP contribution in [0.25, 0.3) is 0 Å². The molecule has 118 valence electrons. The summed E-state index contributed by atoms with van der Waals surface area (Å²) in [7, 11) is 0. The fourth-order valence-corrected chi connectivity index (χ4v) is 2.26. The van der Waals surface area contributed by atoms with E-state index in [0.717, 1.165) is 21.4 Å². The van der Waals surface area contributed by atoms with Gasteiger partial charge in [-0.2, -0.15) is 5.10 Å². The lowest BCUT2D eigenvalue weighted by molar-refractivity contribution is 1.02. The van der Waals surface area contributed by atoms with E-state index in [1.807, 2.05) is 72.8 Å². The third-order valence-corrected chi connectivity index (χ3v) is 3.69. The van der Waals surface area contributed by atoms with Gasteiger partial charge in [-0.15, -0.1) is 0 Å². The zero-order chi connectivity index (χ0) is 16.6. The minimum Gasteiger partial charge on any atom is -0.260 e. The van der Waals surface area contributed by atoms with Gasteiger partial charge in [-0.3, -0.25) is 10.4 Å². The highest BCUT2D eigenvalue weighted by molar-refractivity contribution is 9.10. The maximum atomic E-state index is 4.60. The van der Waals surface area contributed by atoms with Gasteiger partial charge in [0.2, 0.25) is 0 Å². The van der Waals surface area contributed by atoms with Gasteiger partial charge in [-0.05, 0) is 42.0 Å². The molecule has 0 fully saturated rings. The molecule has 0 saturated carbocycles. The van der Waals surface area contributed by atoms with E-state index in [9.17, 15) is 0 Å². The number of amidine groups is 1. The number of nitrogens with zero attached hydrogens (tertiary/aromatic N) is 3. The molecule has 0 aliphatic heterocycles. The summed E-state index contributed by atoms with van der Waals surface area (Å²) in [5, 5.41) is 4.28. The van der Waals surface area contributed by atoms with E-state index in [0.29, 0.717) is 5.84 Å². The van der Waals surface area contributed by atoms with Crippen LogP contribution < -0.4 is 5.43 Å². The number of hydrazone groups is 1. The van der Waals surface area contributed by atoms with E-state index in [1.54, 1.807) is 12.4 Å². The molecule has 0 radical (unpaired) electrons. The zero-order valence-electron chi connectivity index (χ0n) is 12.8. The smallest absolute Gasteiger partial charge is 0.172 e. The fraction of sp³-hybridized carbons (Fsp3) is 0. The molecule has 4 nitrogen and oxygen atoms in total. The van der Waals surface area contributed by atoms with Crippen LogP contribution in [0.4, 0.5) is 5.69 Å². The van der Waals surface area contributed by atoms with Gasteiger partial charge in [0, 0.05) is 10.7 Å². The summed E-state index contributed by atoms with van der Waals surface area (Å²) >= 11 is 3.42. The maximum Gasteiger partial charge on any atom is 0.172 e. The van der Waals surface area contributed by atoms with Gasteiger partial charge >= 0.3 is 0 Å². The highest BCUT2D eigenvalue weighted by atomic mass is 79.9. The highest BCUT2D eigenvalue weighted by Gasteiger charge is 2.03. The first kappa shape index (κ1) is 16.1. The van der Waals surface area contributed by atoms with Crippen LogP contribution in [0.3, 0.4) is 0 Å². The van der Waals surface area contributed by atoms with E-state index in [4.69, 9.17) is 0 Å². The normalized spacial score (nSPS) is 11.6. The van der Waals surface area contributed by atoms with Crippen molar-refractivity contribution in [1.82, 2.24) is 10.4 Å². The lowest BCUT2D eigenvalue weighted by Gasteiger charge is -2.05. The number of nitrogens with one attached hydrogen (secondary N) is 1. The minimum atomic E-state index is 0.593. The van der Waals surface area contributed by atoms with Gasteiger partial charge in [0.25, 0.3) is 0 Å². The summed E-state index contributed by atoms with van der Waals surface area (Å²) in [6.45, 7) is 0. The monoisotopic (exact) mass is 378 g/mol. The Morgan fingerprint density at radius 3 is 2.38 bits per heavy atom. The van der Waals surface area contributed by atoms with Crippen LogP contribution in [-0.4, -0.2) is 17.0 Å². The van der Waals surface area contributed by atoms with Crippen molar-refractivity contribution in [1.29, 1.82) is 0 Å². The van der Waals surface area contributed by atoms with E-state index >= 15 is 0 Å². The van der Waals surface area contributed by atoms with Gasteiger partial charge in [0.05, 0.1) is 11.9 Å². The van der Waals surface area contributed by atoms with Crippen molar-refractivity contribution in [2.45, 2.75) is 0 Å². The van der Waals surface area contributed by atoms with Crippen LogP contribution in [0.1, 0.15) is 11.3 Å². The van der Waals surface area contributed by atoms with Gasteiger partial charge in [0.15, 0.2) is 5.84 Å². The number of benzene rings is 2. The molecule has 24 heavy (non-hydrogen) atoms. The Morgan fingerprint density at radius 2 is 1.67 bits per heavy atom. The molecule has 1 aromatic heterocycles. The molecular weight excluding hydrogens is 364 g/mol. The van der Waals surface area contributed by atoms with E-state index < -0.39 is 0 Å². The summed E-state index contributed by atoms with van der Waals surface area (Å²) in [6.07, 6.45) is 3.48. The lowest BCUT2D eigenvalue weighted by Crippen LogP contribution is -2.20. The third-order valence-electron chi connectivity index (χ3n) is 3.16. The van der Waals surface area contributed by atoms with Crippen molar-refractivity contribution in [3.63, 3.8) is 0 Å². The summed E-state index contributed by atoms with van der Waals surface area (Å²) in [5.74, 6) is 0.593. The van der Waals surface area contributed by atoms with Crippen LogP contribution in [0.15, 0.2) is 93.6 Å². The second kappa shape index (κ2) is 8.17. The van der Waals surface area contributed by atoms with Crippen LogP contribution in [0.2, 0.25) is 0 Å². The number of hydrogen-bond acceptors (Lipinski definition) is 3. The average molecular weight is 379 g/mol. The molecule has 0 aliphatic carbocycles. The molecule has 0 atom stereocenters. The molecule has 1 N–H and O–H groups in total. The fourth-order valence-electron chi connectivity index (χ4n) is 1.99. The average Bonchev–Trinajstić information content (AvgIpc) is 2.64. The second-order valence-corrected chi connectivity index (χ2v) is 5.85. The van der Waals surface area contributed by atoms with Crippen LogP contribution in [0.5, 0.6) is 0 Å². The first-order valence-electron chi connectivity index (χ1n) is 7.41. The highest BCUT2D eigenvalue weighted by Crippen LogP contribution is 2.12. The SMILES string of the molecule is Brc1ccc(/C=N\NC(=Nc2ccccc2)c2ccccn2)cc1. The van der Waals surface area contributed by atoms with Crippen LogP contribution in [0, 0.1) is 0 Å². The summed E-state index contributed by atoms with van der Waals surface area (Å²) < 4.78 is 1.03. The molecule has 5 heteroatoms. The van der Waals surface area contributed by atoms with Crippen LogP contribution >= 0.6 is 15.9 Å². The predicted molar refractivity (Wildman–Crippen MR) is 102 cm³/mol. The standard InChI is InChI=1S/C19H15BrN4/c20-16-11-9-15(10-12-16)14-22-24-19(18-8-4-5-13-21-18)23-17-6-2-1-3-7-17/h1-14H,(H,23,24)/b22-14-. The van der Waals surface area contributed by atoms with Crippen molar-refractivity contribution in [2.75, 3.05) is 0 Å². The Balaban J connectivity index is 1.83. The molecule has 0 spiro atoms. The molecule has 3 rings (SSSR count). The number of hydrogen-bond donors (Lipinski definition) is 1. The number of halogens is 1. The summed E-state index contributed by atoms with van der Waals surface area (Å²) in [4.78, 5) is 8.94. The molecule has 0 amide bonds. The van der Waals surface area contributed by atoms with Gasteiger partial charge < -0.3 is 0 Å². The third kappa shape index (κ3) is 4.60. The van der Waals surface area contributed by atoms with Crippen molar-refractivity contribution < 1.29 is 0 Å². The zero-order valence-corrected chi connectivity index (χ0v) is 14.4. The first-order valence-corrected chi connectivity index (χ1v) is 8.20. The van der Waals surface area contributed by atoms with Gasteiger partial charge in [-0.25, -0.2) is 4.99 Å². The molecule has 0 bridgehead atoms. The Morgan fingerprint density at radius 1 is 0.917 bits per heavy atom. The summed E-state index contributed by atoms with van der Waals surface area (Å²) in [6, 6.07) is 23.3. The van der Waals surface area contributed by atoms with E-state index in [1.165, 1.54) is 0 Å². The first-order chi connectivity index (χ1) is 11.8. The number of aliphatic imine (C=N–C) groups is 1. The lowest BCUT2D eigenvalue weighted by atomic mass is 10.2. The van der Waals surface area contributed by atoms with Crippen molar-refractivity contribution >= 4 is 33.7 Å². The van der Waals surface area contributed by atoms with E-state index in [-0.39, 0.29) is 0 Å². The van der Waals surface area contributed by atoms with Crippen molar-refractivity contribution in [3.05, 3.63) is 94.7 Å². The number of pyridine rings is 1. The predicted octanol–water partition coefficient (Wildman–Crippen LogP) is 4.55. The number of para-hydroxylation sites is 1. The molecule has 2 aromatic carbocycles. The topological polar surface area (TPSA) is 49.6 Å². The van der Waals surface area contributed by atoms with Gasteiger partial charge in [-0.1, -0.05) is 52.3 Å². The summed E-state index contributed by atoms with van der Waals surface area (Å²) in [5.41, 5.74) is 5.55. The molecular formula is C19H15BrN4. The Labute approximate surface area is 149 Å². The molecule has 0 aliphatic rings.